The number of urea groups is 1. The van der Waals surface area contributed by atoms with E-state index in [-0.39, 0.29) is 6.54 Å². The number of hydrogen-bond donors (Lipinski definition) is 5. The molecule has 3 fully saturated rings. The minimum Gasteiger partial charge on any atom is -0.480 e. The first-order valence-electron chi connectivity index (χ1n) is 14.5. The Kier molecular flexibility index (Phi) is 10.2. The summed E-state index contributed by atoms with van der Waals surface area (Å²) in [6, 6.07) is -3.72. The molecule has 2 aliphatic carbocycles. The van der Waals surface area contributed by atoms with Crippen LogP contribution in [0.1, 0.15) is 97.8 Å². The van der Waals surface area contributed by atoms with Crippen LogP contribution in [0.2, 0.25) is 0 Å². The first kappa shape index (κ1) is 31.3. The molecule has 40 heavy (non-hydrogen) atoms. The maximum atomic E-state index is 13.8. The molecule has 12 heteroatoms. The summed E-state index contributed by atoms with van der Waals surface area (Å²) in [6.45, 7) is 5.60. The molecule has 1 aliphatic heterocycles. The number of likely N-dealkylation sites (tertiary alicyclic amines) is 1. The number of rotatable bonds is 11. The Labute approximate surface area is 235 Å². The zero-order chi connectivity index (χ0) is 29.7. The zero-order valence-corrected chi connectivity index (χ0v) is 23.9. The van der Waals surface area contributed by atoms with Crippen molar-refractivity contribution in [3.8, 4) is 0 Å². The standard InChI is InChI=1S/C28H45N5O7/c1-27(2,3)21(31-26(40)32-28(25(38)39)14-5-4-6-15-28)24(37)33-16-8-11-19(33)23(36)30-18(20(34)22(29)35)13-12-17-9-7-10-17/h17-19,21H,4-16H2,1-3H3,(H2,29,35)(H,30,36)(H,38,39)(H2,31,32,40)/t18?,19-,21+/m0/s1. The van der Waals surface area contributed by atoms with E-state index in [2.05, 4.69) is 16.0 Å². The van der Waals surface area contributed by atoms with Crippen LogP contribution in [0.5, 0.6) is 0 Å². The van der Waals surface area contributed by atoms with E-state index in [9.17, 15) is 33.9 Å². The lowest BCUT2D eigenvalue weighted by Gasteiger charge is -2.38. The van der Waals surface area contributed by atoms with Crippen molar-refractivity contribution in [2.45, 2.75) is 121 Å². The van der Waals surface area contributed by atoms with E-state index in [1.54, 1.807) is 20.8 Å². The fraction of sp³-hybridized carbons (Fsp3) is 0.786. The highest BCUT2D eigenvalue weighted by Gasteiger charge is 2.45. The number of carboxylic acid groups (broad SMARTS) is 1. The van der Waals surface area contributed by atoms with Gasteiger partial charge in [0.2, 0.25) is 17.6 Å². The van der Waals surface area contributed by atoms with Crippen molar-refractivity contribution in [1.82, 2.24) is 20.9 Å². The van der Waals surface area contributed by atoms with Crippen LogP contribution < -0.4 is 21.7 Å². The van der Waals surface area contributed by atoms with Gasteiger partial charge < -0.3 is 31.7 Å². The maximum absolute atomic E-state index is 13.8. The summed E-state index contributed by atoms with van der Waals surface area (Å²) >= 11 is 0. The largest absolute Gasteiger partial charge is 0.480 e. The molecule has 3 aliphatic rings. The van der Waals surface area contributed by atoms with E-state index in [1.165, 1.54) is 4.90 Å². The Morgan fingerprint density at radius 2 is 1.60 bits per heavy atom. The van der Waals surface area contributed by atoms with Crippen LogP contribution in [-0.2, 0) is 24.0 Å². The molecule has 0 aromatic heterocycles. The first-order valence-corrected chi connectivity index (χ1v) is 14.5. The second kappa shape index (κ2) is 13.0. The van der Waals surface area contributed by atoms with Crippen molar-refractivity contribution >= 4 is 35.5 Å². The predicted molar refractivity (Wildman–Crippen MR) is 146 cm³/mol. The molecule has 6 N–H and O–H groups in total. The number of carboxylic acids is 1. The number of ketones is 1. The van der Waals surface area contributed by atoms with Gasteiger partial charge in [0.1, 0.15) is 17.6 Å². The molecule has 224 valence electrons. The average molecular weight is 564 g/mol. The summed E-state index contributed by atoms with van der Waals surface area (Å²) < 4.78 is 0. The zero-order valence-electron chi connectivity index (χ0n) is 23.9. The maximum Gasteiger partial charge on any atom is 0.329 e. The number of nitrogens with zero attached hydrogens (tertiary/aromatic N) is 1. The number of hydrogen-bond acceptors (Lipinski definition) is 6. The van der Waals surface area contributed by atoms with E-state index in [0.717, 1.165) is 25.7 Å². The van der Waals surface area contributed by atoms with Crippen LogP contribution in [0.15, 0.2) is 0 Å². The number of carbonyl (C=O) groups excluding carboxylic acids is 5. The SMILES string of the molecule is CC(C)(C)[C@H](NC(=O)NC1(C(=O)O)CCCCC1)C(=O)N1CCC[C@H]1C(=O)NC(CCC1CCC1)C(=O)C(N)=O. The number of nitrogens with one attached hydrogen (secondary N) is 3. The molecular weight excluding hydrogens is 518 g/mol. The van der Waals surface area contributed by atoms with Crippen LogP contribution in [0.25, 0.3) is 0 Å². The quantitative estimate of drug-likeness (QED) is 0.236. The lowest BCUT2D eigenvalue weighted by atomic mass is 9.81. The van der Waals surface area contributed by atoms with Crippen LogP contribution in [0, 0.1) is 11.3 Å². The number of nitrogens with two attached hydrogens (primary N) is 1. The van der Waals surface area contributed by atoms with Crippen molar-refractivity contribution in [3.05, 3.63) is 0 Å². The van der Waals surface area contributed by atoms with Crippen molar-refractivity contribution in [3.63, 3.8) is 0 Å². The summed E-state index contributed by atoms with van der Waals surface area (Å²) in [6.07, 6.45) is 8.02. The highest BCUT2D eigenvalue weighted by atomic mass is 16.4. The fourth-order valence-corrected chi connectivity index (χ4v) is 5.94. The van der Waals surface area contributed by atoms with E-state index in [4.69, 9.17) is 5.73 Å². The summed E-state index contributed by atoms with van der Waals surface area (Å²) in [7, 11) is 0. The number of primary amides is 1. The summed E-state index contributed by atoms with van der Waals surface area (Å²) in [4.78, 5) is 77.7. The lowest BCUT2D eigenvalue weighted by molar-refractivity contribution is -0.146. The van der Waals surface area contributed by atoms with Gasteiger partial charge in [-0.05, 0) is 49.9 Å². The number of carbonyl (C=O) groups is 6. The summed E-state index contributed by atoms with van der Waals surface area (Å²) in [5, 5.41) is 17.8. The Morgan fingerprint density at radius 3 is 2.12 bits per heavy atom. The van der Waals surface area contributed by atoms with Crippen molar-refractivity contribution in [2.75, 3.05) is 6.54 Å². The van der Waals surface area contributed by atoms with Crippen molar-refractivity contribution < 1.29 is 33.9 Å². The Bertz CT molecular complexity index is 997. The van der Waals surface area contributed by atoms with Crippen molar-refractivity contribution in [1.29, 1.82) is 0 Å². The van der Waals surface area contributed by atoms with E-state index >= 15 is 0 Å². The van der Waals surface area contributed by atoms with E-state index < -0.39 is 64.6 Å². The molecule has 0 bridgehead atoms. The minimum absolute atomic E-state index is 0.280. The molecule has 5 amide bonds. The molecule has 0 aromatic carbocycles. The molecule has 1 unspecified atom stereocenters. The van der Waals surface area contributed by atoms with Crippen LogP contribution in [0.3, 0.4) is 0 Å². The topological polar surface area (TPSA) is 188 Å². The third-order valence-electron chi connectivity index (χ3n) is 8.66. The van der Waals surface area contributed by atoms with Crippen molar-refractivity contribution in [2.24, 2.45) is 17.1 Å². The third kappa shape index (κ3) is 7.51. The Morgan fingerprint density at radius 1 is 0.950 bits per heavy atom. The van der Waals surface area contributed by atoms with E-state index in [0.29, 0.717) is 57.3 Å². The second-order valence-corrected chi connectivity index (χ2v) is 12.7. The van der Waals surface area contributed by atoms with Gasteiger partial charge in [-0.25, -0.2) is 9.59 Å². The van der Waals surface area contributed by atoms with Gasteiger partial charge in [-0.2, -0.15) is 0 Å². The highest BCUT2D eigenvalue weighted by molar-refractivity contribution is 6.37. The van der Waals surface area contributed by atoms with Gasteiger partial charge in [0.15, 0.2) is 0 Å². The van der Waals surface area contributed by atoms with Gasteiger partial charge in [-0.15, -0.1) is 0 Å². The molecule has 0 spiro atoms. The van der Waals surface area contributed by atoms with Crippen LogP contribution in [0.4, 0.5) is 4.79 Å². The molecule has 0 aromatic rings. The highest BCUT2D eigenvalue weighted by Crippen LogP contribution is 2.32. The predicted octanol–water partition coefficient (Wildman–Crippen LogP) is 1.60. The molecular formula is C28H45N5O7. The van der Waals surface area contributed by atoms with Crippen LogP contribution >= 0.6 is 0 Å². The molecule has 1 heterocycles. The lowest BCUT2D eigenvalue weighted by Crippen LogP contribution is -2.63. The number of Topliss-reactive ketones (excluding diaryl/α,β-unsaturated/α-hetero) is 1. The average Bonchev–Trinajstić information content (AvgIpc) is 3.35. The normalized spacial score (nSPS) is 22.4. The minimum atomic E-state index is -1.38. The monoisotopic (exact) mass is 563 g/mol. The molecule has 3 rings (SSSR count). The number of amides is 5. The first-order chi connectivity index (χ1) is 18.7. The Balaban J connectivity index is 1.71. The van der Waals surface area contributed by atoms with Gasteiger partial charge in [0, 0.05) is 6.54 Å². The molecule has 2 saturated carbocycles. The third-order valence-corrected chi connectivity index (χ3v) is 8.66. The Hall–Kier alpha value is -3.18. The fourth-order valence-electron chi connectivity index (χ4n) is 5.94. The van der Waals surface area contributed by atoms with Gasteiger partial charge >= 0.3 is 12.0 Å². The molecule has 0 radical (unpaired) electrons. The second-order valence-electron chi connectivity index (χ2n) is 12.7. The molecule has 12 nitrogen and oxygen atoms in total. The smallest absolute Gasteiger partial charge is 0.329 e. The van der Waals surface area contributed by atoms with Gasteiger partial charge in [0.05, 0.1) is 6.04 Å². The van der Waals surface area contributed by atoms with Crippen LogP contribution in [-0.4, -0.2) is 75.7 Å². The van der Waals surface area contributed by atoms with Gasteiger partial charge in [-0.1, -0.05) is 59.3 Å². The molecule has 1 saturated heterocycles. The summed E-state index contributed by atoms with van der Waals surface area (Å²) in [5.41, 5.74) is 3.10. The van der Waals surface area contributed by atoms with Gasteiger partial charge in [-0.3, -0.25) is 19.2 Å². The van der Waals surface area contributed by atoms with E-state index in [1.807, 2.05) is 0 Å². The summed E-state index contributed by atoms with van der Waals surface area (Å²) in [5.74, 6) is -3.62. The molecule has 3 atom stereocenters. The number of aliphatic carboxylic acids is 1. The van der Waals surface area contributed by atoms with Gasteiger partial charge in [0.25, 0.3) is 5.91 Å².